The first-order chi connectivity index (χ1) is 26.7. The molecule has 3 N–H and O–H groups in total. The van der Waals surface area contributed by atoms with E-state index in [9.17, 15) is 27.6 Å². The van der Waals surface area contributed by atoms with Gasteiger partial charge in [0, 0.05) is 30.8 Å². The van der Waals surface area contributed by atoms with Gasteiger partial charge in [-0.1, -0.05) is 12.2 Å². The van der Waals surface area contributed by atoms with Crippen LogP contribution in [-0.4, -0.2) is 109 Å². The average Bonchev–Trinajstić information content (AvgIpc) is 4.00. The minimum atomic E-state index is -3.93. The molecule has 4 heterocycles. The van der Waals surface area contributed by atoms with Gasteiger partial charge in [-0.15, -0.1) is 0 Å². The first-order valence-electron chi connectivity index (χ1n) is 18.6. The molecular weight excluding hydrogens is 749 g/mol. The van der Waals surface area contributed by atoms with Crippen molar-refractivity contribution in [3.05, 3.63) is 48.9 Å². The van der Waals surface area contributed by atoms with Gasteiger partial charge in [0.15, 0.2) is 0 Å². The number of ether oxygens (including phenoxy) is 4. The van der Waals surface area contributed by atoms with Crippen LogP contribution in [0.5, 0.6) is 11.6 Å². The first-order valence-corrected chi connectivity index (χ1v) is 20.2. The van der Waals surface area contributed by atoms with E-state index in [4.69, 9.17) is 28.3 Å². The van der Waals surface area contributed by atoms with Gasteiger partial charge in [0.25, 0.3) is 5.91 Å². The second-order valence-corrected chi connectivity index (χ2v) is 17.4. The zero-order valence-electron chi connectivity index (χ0n) is 31.6. The molecule has 2 aliphatic heterocycles. The predicted molar refractivity (Wildman–Crippen MR) is 200 cm³/mol. The van der Waals surface area contributed by atoms with E-state index >= 15 is 0 Å². The third kappa shape index (κ3) is 8.60. The Kier molecular flexibility index (Phi) is 10.7. The number of amides is 4. The molecule has 2 aliphatic carbocycles. The molecule has 4 amide bonds. The highest BCUT2D eigenvalue weighted by atomic mass is 32.2. The number of carbonyl (C=O) groups is 4. The normalized spacial score (nSPS) is 26.5. The predicted octanol–water partition coefficient (Wildman–Crippen LogP) is 2.99. The molecule has 1 saturated heterocycles. The molecular formula is C38H46N6O11S. The van der Waals surface area contributed by atoms with Crippen LogP contribution in [0.2, 0.25) is 0 Å². The van der Waals surface area contributed by atoms with Crippen LogP contribution in [0.3, 0.4) is 0 Å². The van der Waals surface area contributed by atoms with Crippen molar-refractivity contribution < 1.29 is 51.0 Å². The zero-order valence-corrected chi connectivity index (χ0v) is 32.4. The number of sulfonamides is 1. The van der Waals surface area contributed by atoms with Gasteiger partial charge in [-0.25, -0.2) is 23.2 Å². The largest absolute Gasteiger partial charge is 0.497 e. The number of carbonyl (C=O) groups excluding carboxylic acids is 4. The second kappa shape index (κ2) is 15.4. The Morgan fingerprint density at radius 3 is 2.62 bits per heavy atom. The molecule has 56 heavy (non-hydrogen) atoms. The Morgan fingerprint density at radius 2 is 1.91 bits per heavy atom. The summed E-state index contributed by atoms with van der Waals surface area (Å²) in [5, 5.41) is 6.16. The third-order valence-electron chi connectivity index (χ3n) is 10.1. The van der Waals surface area contributed by atoms with Crippen molar-refractivity contribution in [2.24, 2.45) is 5.92 Å². The Balaban J connectivity index is 1.22. The summed E-state index contributed by atoms with van der Waals surface area (Å²) >= 11 is 0. The summed E-state index contributed by atoms with van der Waals surface area (Å²) < 4.78 is 56.7. The number of fused-ring (bicyclic) bond motifs is 3. The number of benzene rings is 1. The molecule has 4 aliphatic rings. The minimum absolute atomic E-state index is 0.0334. The highest BCUT2D eigenvalue weighted by Crippen LogP contribution is 2.46. The molecule has 2 saturated carbocycles. The van der Waals surface area contributed by atoms with E-state index in [2.05, 4.69) is 20.3 Å². The standard InChI is InChI=1S/C38H46N6O11S/c1-37(2,3)55-36(48)41-28-12-15-52-14-6-5-7-23-20-38(23,35(47)43-56(49,50)26-9-10-26)42-31(45)30-19-25(21-44(30)34(28)46)54-32-27-11-8-24(51-4)17-22(27)18-29(40-32)33-39-13-16-53-33/h5,7-8,11,13,16-18,23,25-26,28,30H,6,9-10,12,14-15,19-21H2,1-4H3,(H,41,48)(H,42,45)(H,43,47)/b7-5-/t23?,25?,28-,30-,38+/m0/s1. The summed E-state index contributed by atoms with van der Waals surface area (Å²) in [4.78, 5) is 66.0. The van der Waals surface area contributed by atoms with Gasteiger partial charge in [-0.3, -0.25) is 19.1 Å². The van der Waals surface area contributed by atoms with Crippen molar-refractivity contribution in [1.82, 2.24) is 30.2 Å². The number of hydrogen-bond donors (Lipinski definition) is 3. The molecule has 18 heteroatoms. The monoisotopic (exact) mass is 794 g/mol. The van der Waals surface area contributed by atoms with Crippen LogP contribution in [0.15, 0.2) is 53.3 Å². The zero-order chi connectivity index (χ0) is 39.8. The highest BCUT2D eigenvalue weighted by molar-refractivity contribution is 7.91. The maximum atomic E-state index is 14.5. The maximum absolute atomic E-state index is 14.5. The van der Waals surface area contributed by atoms with Crippen molar-refractivity contribution >= 4 is 44.6 Å². The number of oxazole rings is 1. The summed E-state index contributed by atoms with van der Waals surface area (Å²) in [6, 6.07) is 4.75. The van der Waals surface area contributed by atoms with E-state index in [0.29, 0.717) is 41.5 Å². The van der Waals surface area contributed by atoms with Crippen molar-refractivity contribution in [3.63, 3.8) is 0 Å². The number of alkyl carbamates (subject to hydrolysis) is 1. The molecule has 17 nitrogen and oxygen atoms in total. The van der Waals surface area contributed by atoms with Crippen molar-refractivity contribution in [2.45, 2.75) is 93.9 Å². The Bertz CT molecular complexity index is 2130. The van der Waals surface area contributed by atoms with Crippen molar-refractivity contribution in [2.75, 3.05) is 26.9 Å². The van der Waals surface area contributed by atoms with Crippen LogP contribution in [0, 0.1) is 5.92 Å². The van der Waals surface area contributed by atoms with Gasteiger partial charge in [0.05, 0.1) is 31.7 Å². The number of aromatic nitrogens is 2. The fraction of sp³-hybridized carbons (Fsp3) is 0.526. The molecule has 1 aromatic carbocycles. The van der Waals surface area contributed by atoms with Crippen molar-refractivity contribution in [3.8, 4) is 23.2 Å². The van der Waals surface area contributed by atoms with Crippen LogP contribution < -0.4 is 24.8 Å². The molecule has 2 aromatic heterocycles. The van der Waals surface area contributed by atoms with Crippen LogP contribution in [0.4, 0.5) is 4.79 Å². The lowest BCUT2D eigenvalue weighted by atomic mass is 10.1. The number of hydrogen-bond acceptors (Lipinski definition) is 13. The summed E-state index contributed by atoms with van der Waals surface area (Å²) in [7, 11) is -2.38. The number of nitrogens with zero attached hydrogens (tertiary/aromatic N) is 3. The Morgan fingerprint density at radius 1 is 1.11 bits per heavy atom. The topological polar surface area (TPSA) is 218 Å². The average molecular weight is 795 g/mol. The van der Waals surface area contributed by atoms with E-state index < -0.39 is 74.3 Å². The maximum Gasteiger partial charge on any atom is 0.408 e. The Hall–Kier alpha value is -5.23. The van der Waals surface area contributed by atoms with Gasteiger partial charge in [-0.2, -0.15) is 0 Å². The lowest BCUT2D eigenvalue weighted by Crippen LogP contribution is -2.58. The third-order valence-corrected chi connectivity index (χ3v) is 11.9. The molecule has 3 fully saturated rings. The number of pyridine rings is 1. The molecule has 0 radical (unpaired) electrons. The molecule has 0 bridgehead atoms. The van der Waals surface area contributed by atoms with Crippen LogP contribution in [0.25, 0.3) is 22.4 Å². The minimum Gasteiger partial charge on any atom is -0.497 e. The lowest BCUT2D eigenvalue weighted by molar-refractivity contribution is -0.141. The number of nitrogens with one attached hydrogen (secondary N) is 3. The molecule has 7 rings (SSSR count). The van der Waals surface area contributed by atoms with Crippen molar-refractivity contribution in [1.29, 1.82) is 0 Å². The SMILES string of the molecule is COc1ccc2c(OC3C[C@H]4C(=O)N[C@]5(C(=O)NS(=O)(=O)C6CC6)CC5/C=C\CCOCC[C@H](NC(=O)OC(C)(C)C)C(=O)N4C3)nc(-c3ncco3)cc2c1. The molecule has 5 atom stereocenters. The smallest absolute Gasteiger partial charge is 0.408 e. The number of rotatable bonds is 8. The van der Waals surface area contributed by atoms with Crippen LogP contribution in [-0.2, 0) is 33.9 Å². The molecule has 300 valence electrons. The quantitative estimate of drug-likeness (QED) is 0.280. The van der Waals surface area contributed by atoms with E-state index in [0.717, 1.165) is 0 Å². The van der Waals surface area contributed by atoms with E-state index in [1.165, 1.54) is 17.4 Å². The van der Waals surface area contributed by atoms with Gasteiger partial charge in [-0.05, 0) is 76.1 Å². The number of methoxy groups -OCH3 is 1. The fourth-order valence-corrected chi connectivity index (χ4v) is 8.37. The van der Waals surface area contributed by atoms with Gasteiger partial charge >= 0.3 is 6.09 Å². The van der Waals surface area contributed by atoms with Gasteiger partial charge in [0.2, 0.25) is 33.6 Å². The second-order valence-electron chi connectivity index (χ2n) is 15.5. The molecule has 0 spiro atoms. The Labute approximate surface area is 323 Å². The van der Waals surface area contributed by atoms with E-state index in [-0.39, 0.29) is 50.8 Å². The summed E-state index contributed by atoms with van der Waals surface area (Å²) in [6.07, 6.45) is 6.40. The summed E-state index contributed by atoms with van der Waals surface area (Å²) in [5.74, 6) is -1.61. The molecule has 3 aromatic rings. The van der Waals surface area contributed by atoms with Gasteiger partial charge in [0.1, 0.15) is 47.0 Å². The first kappa shape index (κ1) is 39.0. The van der Waals surface area contributed by atoms with Crippen LogP contribution >= 0.6 is 0 Å². The summed E-state index contributed by atoms with van der Waals surface area (Å²) in [6.45, 7) is 5.36. The van der Waals surface area contributed by atoms with Gasteiger partial charge < -0.3 is 38.9 Å². The lowest BCUT2D eigenvalue weighted by Gasteiger charge is -2.30. The highest BCUT2D eigenvalue weighted by Gasteiger charge is 2.62. The molecule has 2 unspecified atom stereocenters. The van der Waals surface area contributed by atoms with E-state index in [1.54, 1.807) is 58.2 Å². The fourth-order valence-electron chi connectivity index (χ4n) is 7.00. The van der Waals surface area contributed by atoms with E-state index in [1.807, 2.05) is 6.08 Å². The van der Waals surface area contributed by atoms with Crippen LogP contribution in [0.1, 0.15) is 59.3 Å². The summed E-state index contributed by atoms with van der Waals surface area (Å²) in [5.41, 5.74) is -2.05.